The molecule has 2 N–H and O–H groups in total. The first-order chi connectivity index (χ1) is 12.9. The summed E-state index contributed by atoms with van der Waals surface area (Å²) in [4.78, 5) is 7.73. The summed E-state index contributed by atoms with van der Waals surface area (Å²) >= 11 is 7.81. The second-order valence-electron chi connectivity index (χ2n) is 6.43. The van der Waals surface area contributed by atoms with Crippen molar-refractivity contribution in [3.63, 3.8) is 0 Å². The number of aromatic nitrogens is 2. The summed E-state index contributed by atoms with van der Waals surface area (Å²) < 4.78 is 27.4. The van der Waals surface area contributed by atoms with Gasteiger partial charge in [-0.1, -0.05) is 11.6 Å². The molecule has 1 saturated heterocycles. The molecule has 3 aromatic rings. The van der Waals surface area contributed by atoms with Crippen LogP contribution in [-0.2, 0) is 10.0 Å². The number of benzene rings is 1. The van der Waals surface area contributed by atoms with Gasteiger partial charge in [0.25, 0.3) is 0 Å². The minimum Gasteiger partial charge on any atom is -0.393 e. The maximum absolute atomic E-state index is 13.0. The van der Waals surface area contributed by atoms with Crippen LogP contribution >= 0.6 is 22.9 Å². The van der Waals surface area contributed by atoms with Crippen LogP contribution in [0.3, 0.4) is 0 Å². The van der Waals surface area contributed by atoms with Crippen LogP contribution < -0.4 is 0 Å². The van der Waals surface area contributed by atoms with E-state index < -0.39 is 16.1 Å². The molecule has 27 heavy (non-hydrogen) atoms. The van der Waals surface area contributed by atoms with Gasteiger partial charge in [0.1, 0.15) is 10.7 Å². The lowest BCUT2D eigenvalue weighted by Crippen LogP contribution is -2.40. The Balaban J connectivity index is 1.68. The number of hydrogen-bond acceptors (Lipinski definition) is 5. The summed E-state index contributed by atoms with van der Waals surface area (Å²) in [6.07, 6.45) is 2.21. The number of sulfonamides is 1. The van der Waals surface area contributed by atoms with E-state index in [9.17, 15) is 13.5 Å². The second-order valence-corrected chi connectivity index (χ2v) is 9.52. The van der Waals surface area contributed by atoms with Crippen molar-refractivity contribution in [3.05, 3.63) is 46.2 Å². The molecule has 0 saturated carbocycles. The summed E-state index contributed by atoms with van der Waals surface area (Å²) in [5.74, 6) is 0.582. The highest BCUT2D eigenvalue weighted by Gasteiger charge is 2.30. The van der Waals surface area contributed by atoms with Crippen LogP contribution in [-0.4, -0.2) is 47.0 Å². The highest BCUT2D eigenvalue weighted by Crippen LogP contribution is 2.31. The normalized spacial score (nSPS) is 16.7. The number of thiophene rings is 1. The first kappa shape index (κ1) is 18.6. The van der Waals surface area contributed by atoms with Crippen LogP contribution in [0.25, 0.3) is 22.6 Å². The summed E-state index contributed by atoms with van der Waals surface area (Å²) in [7, 11) is -3.73. The molecule has 6 nitrogen and oxygen atoms in total. The zero-order valence-corrected chi connectivity index (χ0v) is 16.7. The molecule has 2 aromatic heterocycles. The Morgan fingerprint density at radius 3 is 2.70 bits per heavy atom. The van der Waals surface area contributed by atoms with E-state index in [-0.39, 0.29) is 23.0 Å². The first-order valence-corrected chi connectivity index (χ1v) is 11.3. The smallest absolute Gasteiger partial charge is 0.244 e. The molecule has 1 fully saturated rings. The quantitative estimate of drug-likeness (QED) is 0.671. The van der Waals surface area contributed by atoms with Crippen molar-refractivity contribution in [1.29, 1.82) is 0 Å². The molecular formula is C18H18ClN3O3S2. The van der Waals surface area contributed by atoms with Gasteiger partial charge in [-0.05, 0) is 42.5 Å². The maximum Gasteiger partial charge on any atom is 0.244 e. The Morgan fingerprint density at radius 1 is 1.22 bits per heavy atom. The Labute approximate surface area is 166 Å². The standard InChI is InChI=1S/C18H18ClN3O3S2/c19-15-2-1-12(18-20-10-16(21-18)13-5-8-26-11-13)9-17(15)27(24,25)22-6-3-14(23)4-7-22/h1-2,5,8-11,14,23H,3-4,6-7H2,(H,20,21). The molecule has 0 aliphatic carbocycles. The first-order valence-electron chi connectivity index (χ1n) is 8.51. The molecule has 0 unspecified atom stereocenters. The maximum atomic E-state index is 13.0. The lowest BCUT2D eigenvalue weighted by molar-refractivity contribution is 0.113. The number of imidazole rings is 1. The third-order valence-electron chi connectivity index (χ3n) is 4.64. The summed E-state index contributed by atoms with van der Waals surface area (Å²) in [5.41, 5.74) is 2.46. The molecule has 0 bridgehead atoms. The fourth-order valence-corrected chi connectivity index (χ4v) is 5.72. The number of hydrogen-bond donors (Lipinski definition) is 2. The SMILES string of the molecule is O=S(=O)(c1cc(-c2nc(-c3ccsc3)c[nH]2)ccc1Cl)N1CCC(O)CC1. The van der Waals surface area contributed by atoms with E-state index >= 15 is 0 Å². The number of H-pyrrole nitrogens is 1. The van der Waals surface area contributed by atoms with Gasteiger partial charge in [-0.2, -0.15) is 15.6 Å². The number of aromatic amines is 1. The highest BCUT2D eigenvalue weighted by atomic mass is 35.5. The van der Waals surface area contributed by atoms with Crippen LogP contribution in [0.2, 0.25) is 5.02 Å². The van der Waals surface area contributed by atoms with Crippen molar-refractivity contribution < 1.29 is 13.5 Å². The molecule has 9 heteroatoms. The fourth-order valence-electron chi connectivity index (χ4n) is 3.10. The van der Waals surface area contributed by atoms with Crippen molar-refractivity contribution in [1.82, 2.24) is 14.3 Å². The molecule has 0 spiro atoms. The van der Waals surface area contributed by atoms with E-state index in [0.717, 1.165) is 11.3 Å². The van der Waals surface area contributed by atoms with Crippen molar-refractivity contribution in [2.24, 2.45) is 0 Å². The average molecular weight is 424 g/mol. The van der Waals surface area contributed by atoms with Gasteiger partial charge < -0.3 is 10.1 Å². The summed E-state index contributed by atoms with van der Waals surface area (Å²) in [6.45, 7) is 0.570. The Morgan fingerprint density at radius 2 is 2.00 bits per heavy atom. The van der Waals surface area contributed by atoms with Gasteiger partial charge in [0.05, 0.1) is 16.8 Å². The van der Waals surface area contributed by atoms with E-state index in [2.05, 4.69) is 9.97 Å². The third kappa shape index (κ3) is 3.68. The van der Waals surface area contributed by atoms with Gasteiger partial charge in [-0.25, -0.2) is 13.4 Å². The van der Waals surface area contributed by atoms with E-state index in [0.29, 0.717) is 24.2 Å². The van der Waals surface area contributed by atoms with E-state index in [4.69, 9.17) is 11.6 Å². The average Bonchev–Trinajstić information content (AvgIpc) is 3.34. The number of aliphatic hydroxyl groups excluding tert-OH is 1. The largest absolute Gasteiger partial charge is 0.393 e. The third-order valence-corrected chi connectivity index (χ3v) is 7.70. The van der Waals surface area contributed by atoms with Gasteiger partial charge in [-0.3, -0.25) is 0 Å². The Hall–Kier alpha value is -1.71. The highest BCUT2D eigenvalue weighted by molar-refractivity contribution is 7.89. The molecule has 0 amide bonds. The minimum absolute atomic E-state index is 0.0616. The fraction of sp³-hybridized carbons (Fsp3) is 0.278. The topological polar surface area (TPSA) is 86.3 Å². The zero-order valence-electron chi connectivity index (χ0n) is 14.3. The number of rotatable bonds is 4. The van der Waals surface area contributed by atoms with Gasteiger partial charge in [0.15, 0.2) is 0 Å². The van der Waals surface area contributed by atoms with Crippen LogP contribution in [0.4, 0.5) is 0 Å². The number of nitrogens with one attached hydrogen (secondary N) is 1. The number of halogens is 1. The Bertz CT molecular complexity index is 1040. The zero-order chi connectivity index (χ0) is 19.0. The predicted octanol–water partition coefficient (Wildman–Crippen LogP) is 3.60. The molecule has 142 valence electrons. The molecule has 0 atom stereocenters. The predicted molar refractivity (Wildman–Crippen MR) is 106 cm³/mol. The van der Waals surface area contributed by atoms with E-state index in [1.165, 1.54) is 4.31 Å². The lowest BCUT2D eigenvalue weighted by atomic mass is 10.1. The van der Waals surface area contributed by atoms with Crippen molar-refractivity contribution in [3.8, 4) is 22.6 Å². The van der Waals surface area contributed by atoms with Crippen molar-refractivity contribution >= 4 is 33.0 Å². The van der Waals surface area contributed by atoms with Gasteiger partial charge in [0, 0.05) is 35.8 Å². The van der Waals surface area contributed by atoms with Gasteiger partial charge in [0.2, 0.25) is 10.0 Å². The van der Waals surface area contributed by atoms with Gasteiger partial charge in [-0.15, -0.1) is 0 Å². The Kier molecular flexibility index (Phi) is 5.09. The molecule has 3 heterocycles. The number of aliphatic hydroxyl groups is 1. The second kappa shape index (κ2) is 7.37. The summed E-state index contributed by atoms with van der Waals surface area (Å²) in [5, 5.41) is 13.8. The molecule has 1 aromatic carbocycles. The van der Waals surface area contributed by atoms with Crippen LogP contribution in [0.5, 0.6) is 0 Å². The van der Waals surface area contributed by atoms with Crippen LogP contribution in [0, 0.1) is 0 Å². The minimum atomic E-state index is -3.73. The number of nitrogens with zero attached hydrogens (tertiary/aromatic N) is 2. The van der Waals surface area contributed by atoms with E-state index in [1.807, 2.05) is 16.8 Å². The van der Waals surface area contributed by atoms with Crippen molar-refractivity contribution in [2.45, 2.75) is 23.8 Å². The molecule has 1 aliphatic heterocycles. The van der Waals surface area contributed by atoms with Crippen LogP contribution in [0.15, 0.2) is 46.1 Å². The molecule has 0 radical (unpaired) electrons. The summed E-state index contributed by atoms with van der Waals surface area (Å²) in [6, 6.07) is 6.86. The van der Waals surface area contributed by atoms with Crippen molar-refractivity contribution in [2.75, 3.05) is 13.1 Å². The molecule has 4 rings (SSSR count). The number of piperidine rings is 1. The molecule has 1 aliphatic rings. The molecular weight excluding hydrogens is 406 g/mol. The van der Waals surface area contributed by atoms with Gasteiger partial charge >= 0.3 is 0 Å². The monoisotopic (exact) mass is 423 g/mol. The van der Waals surface area contributed by atoms with E-state index in [1.54, 1.807) is 35.7 Å². The van der Waals surface area contributed by atoms with Crippen LogP contribution in [0.1, 0.15) is 12.8 Å². The lowest BCUT2D eigenvalue weighted by Gasteiger charge is -2.29.